The largest absolute Gasteiger partial charge is 1.00 e. The number of aryl methyl sites for hydroxylation is 1. The topological polar surface area (TPSA) is 43.1 Å². The Kier molecular flexibility index (Phi) is 11.7. The average Bonchev–Trinajstić information content (AvgIpc) is 3.07. The van der Waals surface area contributed by atoms with Crippen LogP contribution in [-0.4, -0.2) is 10.8 Å². The van der Waals surface area contributed by atoms with Crippen LogP contribution in [0.3, 0.4) is 0 Å². The van der Waals surface area contributed by atoms with Gasteiger partial charge in [-0.3, -0.25) is 16.4 Å². The molecule has 2 rings (SSSR count). The maximum Gasteiger partial charge on any atom is 1.00 e. The molecule has 1 aromatic carbocycles. The molecule has 3 nitrogen and oxygen atoms in total. The summed E-state index contributed by atoms with van der Waals surface area (Å²) in [7, 11) is 0. The Labute approximate surface area is 197 Å². The number of oxazole rings is 1. The van der Waals surface area contributed by atoms with Crippen LogP contribution in [0.2, 0.25) is 0 Å². The summed E-state index contributed by atoms with van der Waals surface area (Å²) in [6.07, 6.45) is 13.0. The third-order valence-electron chi connectivity index (χ3n) is 3.75. The number of allylic oxidation sites excluding steroid dienone is 3. The second-order valence-electron chi connectivity index (χ2n) is 5.78. The van der Waals surface area contributed by atoms with Gasteiger partial charge in [-0.05, 0) is 43.2 Å². The summed E-state index contributed by atoms with van der Waals surface area (Å²) in [5, 5.41) is 0. The molecule has 0 N–H and O–H groups in total. The number of halogens is 1. The molecule has 132 valence electrons. The molecule has 0 radical (unpaired) electrons. The van der Waals surface area contributed by atoms with Crippen LogP contribution in [-0.2, 0) is 6.42 Å². The molecule has 1 aromatic heterocycles. The Balaban J connectivity index is 0.00000338. The Morgan fingerprint density at radius 2 is 2.08 bits per heavy atom. The van der Waals surface area contributed by atoms with E-state index in [1.165, 1.54) is 18.3 Å². The van der Waals surface area contributed by atoms with Gasteiger partial charge < -0.3 is 4.42 Å². The molecule has 1 heterocycles. The van der Waals surface area contributed by atoms with E-state index in [0.717, 1.165) is 37.7 Å². The predicted octanol–water partition coefficient (Wildman–Crippen LogP) is 2.29. The number of carbonyl (C=O) groups is 1. The molecule has 0 spiro atoms. The zero-order valence-electron chi connectivity index (χ0n) is 15.2. The van der Waals surface area contributed by atoms with E-state index in [1.807, 2.05) is 6.07 Å². The Morgan fingerprint density at radius 3 is 2.85 bits per heavy atom. The van der Waals surface area contributed by atoms with Crippen LogP contribution in [0.1, 0.15) is 54.1 Å². The number of ketones is 1. The van der Waals surface area contributed by atoms with Gasteiger partial charge in [0, 0.05) is 12.2 Å². The number of hydrogen-bond donors (Lipinski definition) is 0. The van der Waals surface area contributed by atoms with E-state index in [1.54, 1.807) is 30.7 Å². The van der Waals surface area contributed by atoms with Crippen molar-refractivity contribution in [2.45, 2.75) is 38.5 Å². The summed E-state index contributed by atoms with van der Waals surface area (Å²) >= 11 is 0. The van der Waals surface area contributed by atoms with Crippen molar-refractivity contribution in [2.24, 2.45) is 0 Å². The number of rotatable bonds is 11. The number of benzene rings is 1. The number of carbonyl (C=O) groups excluding carboxylic acids is 1. The summed E-state index contributed by atoms with van der Waals surface area (Å²) in [4.78, 5) is 16.0. The van der Waals surface area contributed by atoms with E-state index < -0.39 is 0 Å². The van der Waals surface area contributed by atoms with Crippen molar-refractivity contribution in [2.75, 3.05) is 0 Å². The second-order valence-corrected chi connectivity index (χ2v) is 5.78. The Hall–Kier alpha value is -0.984. The fourth-order valence-electron chi connectivity index (χ4n) is 2.47. The first kappa shape index (κ1) is 23.1. The van der Waals surface area contributed by atoms with Crippen molar-refractivity contribution in [1.82, 2.24) is 4.98 Å². The van der Waals surface area contributed by atoms with Crippen LogP contribution in [0, 0.1) is 18.8 Å². The van der Waals surface area contributed by atoms with E-state index in [9.17, 15) is 9.18 Å². The third kappa shape index (κ3) is 8.60. The molecule has 0 aliphatic carbocycles. The number of hydrogen-bond acceptors (Lipinski definition) is 3. The number of aromatic nitrogens is 1. The van der Waals surface area contributed by atoms with Crippen molar-refractivity contribution >= 4 is 5.78 Å². The van der Waals surface area contributed by atoms with Crippen molar-refractivity contribution < 1.29 is 65.0 Å². The molecule has 0 saturated carbocycles. The van der Waals surface area contributed by atoms with Gasteiger partial charge in [-0.25, -0.2) is 10.5 Å². The van der Waals surface area contributed by atoms with Gasteiger partial charge in [0.1, 0.15) is 5.82 Å². The van der Waals surface area contributed by atoms with Gasteiger partial charge in [-0.1, -0.05) is 25.0 Å². The van der Waals surface area contributed by atoms with E-state index >= 15 is 0 Å². The minimum absolute atomic E-state index is 0. The number of Topliss-reactive ketones (excluding diaryl/α,β-unsaturated/α-hetero) is 1. The molecule has 0 aliphatic heterocycles. The van der Waals surface area contributed by atoms with Crippen LogP contribution in [0.25, 0.3) is 0 Å². The molecule has 0 saturated heterocycles. The fourth-order valence-corrected chi connectivity index (χ4v) is 2.47. The van der Waals surface area contributed by atoms with Gasteiger partial charge in [0.25, 0.3) is 0 Å². The van der Waals surface area contributed by atoms with Crippen molar-refractivity contribution in [3.05, 3.63) is 84.7 Å². The normalized spacial score (nSPS) is 10.5. The maximum atomic E-state index is 13.1. The van der Waals surface area contributed by atoms with E-state index in [-0.39, 0.29) is 68.9 Å². The number of nitrogens with zero attached hydrogens (tertiary/aromatic N) is 1. The zero-order chi connectivity index (χ0) is 17.9. The standard InChI is InChI=1S/C21H22FNO2.K/c1-2-3-6-13-19-16-23-21(25-19)20(24)14-8-5-4-7-10-17-11-9-12-18(22)15-17;/h1-3,6,9,11-13,15-16H,4-5,7-8,10,14H2;/q-2;+1/b6-3-;. The molecule has 0 unspecified atom stereocenters. The van der Waals surface area contributed by atoms with Gasteiger partial charge in [0.15, 0.2) is 0 Å². The minimum atomic E-state index is -0.192. The zero-order valence-corrected chi connectivity index (χ0v) is 18.3. The van der Waals surface area contributed by atoms with Crippen molar-refractivity contribution in [3.63, 3.8) is 0 Å². The average molecular weight is 379 g/mol. The first-order valence-corrected chi connectivity index (χ1v) is 8.47. The SMILES string of the molecule is [CH-]=C/C=C\[CH-]c1cnc(C(=O)CCCCCCc2cccc(F)c2)o1.[K+]. The van der Waals surface area contributed by atoms with Gasteiger partial charge in [0.05, 0.1) is 0 Å². The smallest absolute Gasteiger partial charge is 0.462 e. The van der Waals surface area contributed by atoms with E-state index in [0.29, 0.717) is 12.2 Å². The summed E-state index contributed by atoms with van der Waals surface area (Å²) in [5.41, 5.74) is 1.01. The van der Waals surface area contributed by atoms with Crippen molar-refractivity contribution in [3.8, 4) is 0 Å². The monoisotopic (exact) mass is 378 g/mol. The molecule has 26 heavy (non-hydrogen) atoms. The molecule has 0 aliphatic rings. The van der Waals surface area contributed by atoms with Gasteiger partial charge in [-0.15, -0.1) is 6.42 Å². The molecular formula is C21H22FKNO2-. The van der Waals surface area contributed by atoms with Crippen LogP contribution in [0.4, 0.5) is 4.39 Å². The van der Waals surface area contributed by atoms with Gasteiger partial charge in [0.2, 0.25) is 11.7 Å². The Morgan fingerprint density at radius 1 is 1.27 bits per heavy atom. The van der Waals surface area contributed by atoms with Crippen LogP contribution in [0.15, 0.2) is 53.1 Å². The van der Waals surface area contributed by atoms with Crippen LogP contribution in [0.5, 0.6) is 0 Å². The summed E-state index contributed by atoms with van der Waals surface area (Å²) in [6.45, 7) is 5.23. The predicted molar refractivity (Wildman–Crippen MR) is 95.4 cm³/mol. The first-order valence-electron chi connectivity index (χ1n) is 8.47. The summed E-state index contributed by atoms with van der Waals surface area (Å²) in [6, 6.07) is 6.69. The minimum Gasteiger partial charge on any atom is -0.462 e. The maximum absolute atomic E-state index is 13.1. The third-order valence-corrected chi connectivity index (χ3v) is 3.75. The van der Waals surface area contributed by atoms with Crippen LogP contribution < -0.4 is 51.4 Å². The van der Waals surface area contributed by atoms with E-state index in [4.69, 9.17) is 11.0 Å². The van der Waals surface area contributed by atoms with Crippen molar-refractivity contribution in [1.29, 1.82) is 0 Å². The van der Waals surface area contributed by atoms with E-state index in [2.05, 4.69) is 4.98 Å². The fraction of sp³-hybridized carbons (Fsp3) is 0.286. The molecule has 0 bridgehead atoms. The summed E-state index contributed by atoms with van der Waals surface area (Å²) < 4.78 is 18.5. The van der Waals surface area contributed by atoms with Gasteiger partial charge >= 0.3 is 51.4 Å². The molecule has 2 aromatic rings. The molecule has 0 fully saturated rings. The molecular weight excluding hydrogens is 356 g/mol. The summed E-state index contributed by atoms with van der Waals surface area (Å²) in [5.74, 6) is 0.397. The second kappa shape index (κ2) is 13.2. The quantitative estimate of drug-likeness (QED) is 0.198. The van der Waals surface area contributed by atoms with Crippen LogP contribution >= 0.6 is 0 Å². The van der Waals surface area contributed by atoms with Gasteiger partial charge in [-0.2, -0.15) is 12.2 Å². The Bertz CT molecular complexity index is 724. The molecule has 0 atom stereocenters. The number of unbranched alkanes of at least 4 members (excludes halogenated alkanes) is 3. The molecule has 0 amide bonds. The first-order chi connectivity index (χ1) is 12.2. The molecule has 5 heteroatoms.